The molecule has 0 unspecified atom stereocenters. The maximum absolute atomic E-state index is 11.9. The van der Waals surface area contributed by atoms with E-state index < -0.39 is 0 Å². The van der Waals surface area contributed by atoms with Gasteiger partial charge in [0.1, 0.15) is 5.15 Å². The summed E-state index contributed by atoms with van der Waals surface area (Å²) in [5.41, 5.74) is 0.671. The number of rotatable bonds is 2. The van der Waals surface area contributed by atoms with Gasteiger partial charge in [0, 0.05) is 5.92 Å². The fourth-order valence-electron chi connectivity index (χ4n) is 1.82. The van der Waals surface area contributed by atoms with Gasteiger partial charge in [-0.3, -0.25) is 4.79 Å². The molecule has 4 nitrogen and oxygen atoms in total. The molecule has 0 saturated carbocycles. The molecule has 1 aromatic rings. The summed E-state index contributed by atoms with van der Waals surface area (Å²) in [6.07, 6.45) is 3.33. The molecule has 2 N–H and O–H groups in total. The standard InChI is InChI=1S/C11H13BrClN3O/c12-9-5-8(6-15-10(9)13)16-11(17)7-1-3-14-4-2-7/h5-7,14H,1-4H2,(H,16,17). The lowest BCUT2D eigenvalue weighted by molar-refractivity contribution is -0.120. The molecule has 0 radical (unpaired) electrons. The number of nitrogens with one attached hydrogen (secondary N) is 2. The second-order valence-corrected chi connectivity index (χ2v) is 5.22. The van der Waals surface area contributed by atoms with Gasteiger partial charge in [-0.15, -0.1) is 0 Å². The Morgan fingerprint density at radius 3 is 2.88 bits per heavy atom. The first-order valence-corrected chi connectivity index (χ1v) is 6.66. The number of amides is 1. The SMILES string of the molecule is O=C(Nc1cnc(Cl)c(Br)c1)C1CCNCC1. The van der Waals surface area contributed by atoms with E-state index in [0.29, 0.717) is 15.3 Å². The minimum atomic E-state index is 0.0579. The Labute approximate surface area is 113 Å². The number of aromatic nitrogens is 1. The van der Waals surface area contributed by atoms with Crippen LogP contribution in [0.25, 0.3) is 0 Å². The Bertz CT molecular complexity index is 421. The zero-order valence-corrected chi connectivity index (χ0v) is 11.5. The van der Waals surface area contributed by atoms with Crippen molar-refractivity contribution >= 4 is 39.1 Å². The quantitative estimate of drug-likeness (QED) is 0.824. The van der Waals surface area contributed by atoms with Gasteiger partial charge in [0.05, 0.1) is 16.4 Å². The van der Waals surface area contributed by atoms with Crippen molar-refractivity contribution in [1.29, 1.82) is 0 Å². The van der Waals surface area contributed by atoms with Gasteiger partial charge in [-0.05, 0) is 47.9 Å². The summed E-state index contributed by atoms with van der Waals surface area (Å²) in [6, 6.07) is 1.76. The van der Waals surface area contributed by atoms with E-state index in [2.05, 4.69) is 31.5 Å². The van der Waals surface area contributed by atoms with Crippen LogP contribution in [0.2, 0.25) is 5.15 Å². The van der Waals surface area contributed by atoms with Gasteiger partial charge in [-0.2, -0.15) is 0 Å². The van der Waals surface area contributed by atoms with E-state index in [1.807, 2.05) is 0 Å². The third kappa shape index (κ3) is 3.40. The van der Waals surface area contributed by atoms with E-state index in [0.717, 1.165) is 25.9 Å². The average Bonchev–Trinajstić information content (AvgIpc) is 2.35. The number of anilines is 1. The van der Waals surface area contributed by atoms with Crippen LogP contribution < -0.4 is 10.6 Å². The molecule has 92 valence electrons. The molecule has 1 aromatic heterocycles. The zero-order valence-electron chi connectivity index (χ0n) is 9.17. The lowest BCUT2D eigenvalue weighted by atomic mass is 9.97. The van der Waals surface area contributed by atoms with E-state index in [1.54, 1.807) is 12.3 Å². The number of pyridine rings is 1. The third-order valence-corrected chi connectivity index (χ3v) is 3.91. The molecule has 1 aliphatic rings. The Hall–Kier alpha value is -0.650. The van der Waals surface area contributed by atoms with E-state index in [-0.39, 0.29) is 11.8 Å². The second kappa shape index (κ2) is 5.80. The first-order chi connectivity index (χ1) is 8.16. The van der Waals surface area contributed by atoms with Crippen molar-refractivity contribution in [2.75, 3.05) is 18.4 Å². The lowest BCUT2D eigenvalue weighted by Gasteiger charge is -2.21. The van der Waals surface area contributed by atoms with E-state index in [4.69, 9.17) is 11.6 Å². The van der Waals surface area contributed by atoms with Gasteiger partial charge in [0.2, 0.25) is 5.91 Å². The number of piperidine rings is 1. The Morgan fingerprint density at radius 2 is 2.24 bits per heavy atom. The predicted molar refractivity (Wildman–Crippen MR) is 71.2 cm³/mol. The van der Waals surface area contributed by atoms with Crippen molar-refractivity contribution in [1.82, 2.24) is 10.3 Å². The maximum Gasteiger partial charge on any atom is 0.227 e. The summed E-state index contributed by atoms with van der Waals surface area (Å²) in [7, 11) is 0. The maximum atomic E-state index is 11.9. The summed E-state index contributed by atoms with van der Waals surface area (Å²) < 4.78 is 0.683. The van der Waals surface area contributed by atoms with Gasteiger partial charge in [0.25, 0.3) is 0 Å². The molecule has 0 aliphatic carbocycles. The van der Waals surface area contributed by atoms with Gasteiger partial charge in [-0.1, -0.05) is 11.6 Å². The van der Waals surface area contributed by atoms with Crippen molar-refractivity contribution < 1.29 is 4.79 Å². The van der Waals surface area contributed by atoms with Crippen molar-refractivity contribution in [3.05, 3.63) is 21.9 Å². The molecule has 17 heavy (non-hydrogen) atoms. The first kappa shape index (κ1) is 12.8. The van der Waals surface area contributed by atoms with Crippen LogP contribution in [0.3, 0.4) is 0 Å². The molecule has 0 aromatic carbocycles. The normalized spacial score (nSPS) is 16.8. The van der Waals surface area contributed by atoms with Crippen LogP contribution in [0.4, 0.5) is 5.69 Å². The van der Waals surface area contributed by atoms with Crippen LogP contribution in [-0.2, 0) is 4.79 Å². The van der Waals surface area contributed by atoms with Crippen LogP contribution in [0.5, 0.6) is 0 Å². The minimum Gasteiger partial charge on any atom is -0.324 e. The van der Waals surface area contributed by atoms with Crippen LogP contribution in [0.15, 0.2) is 16.7 Å². The molecular formula is C11H13BrClN3O. The highest BCUT2D eigenvalue weighted by atomic mass is 79.9. The first-order valence-electron chi connectivity index (χ1n) is 5.49. The Kier molecular flexibility index (Phi) is 4.36. The van der Waals surface area contributed by atoms with Crippen molar-refractivity contribution in [3.8, 4) is 0 Å². The smallest absolute Gasteiger partial charge is 0.227 e. The highest BCUT2D eigenvalue weighted by Crippen LogP contribution is 2.23. The largest absolute Gasteiger partial charge is 0.324 e. The molecule has 1 amide bonds. The van der Waals surface area contributed by atoms with Crippen molar-refractivity contribution in [3.63, 3.8) is 0 Å². The summed E-state index contributed by atoms with van der Waals surface area (Å²) in [4.78, 5) is 15.9. The molecule has 1 aliphatic heterocycles. The van der Waals surface area contributed by atoms with Crippen LogP contribution >= 0.6 is 27.5 Å². The lowest BCUT2D eigenvalue weighted by Crippen LogP contribution is -2.34. The van der Waals surface area contributed by atoms with E-state index in [9.17, 15) is 4.79 Å². The number of nitrogens with zero attached hydrogens (tertiary/aromatic N) is 1. The molecule has 2 rings (SSSR count). The Morgan fingerprint density at radius 1 is 1.53 bits per heavy atom. The summed E-state index contributed by atoms with van der Waals surface area (Å²) in [6.45, 7) is 1.81. The van der Waals surface area contributed by atoms with Crippen molar-refractivity contribution in [2.45, 2.75) is 12.8 Å². The highest BCUT2D eigenvalue weighted by molar-refractivity contribution is 9.10. The fourth-order valence-corrected chi connectivity index (χ4v) is 2.27. The number of hydrogen-bond donors (Lipinski definition) is 2. The molecule has 0 spiro atoms. The molecule has 2 heterocycles. The monoisotopic (exact) mass is 317 g/mol. The van der Waals surface area contributed by atoms with Crippen molar-refractivity contribution in [2.24, 2.45) is 5.92 Å². The minimum absolute atomic E-state index is 0.0579. The van der Waals surface area contributed by atoms with Gasteiger partial charge < -0.3 is 10.6 Å². The Balaban J connectivity index is 1.99. The van der Waals surface area contributed by atoms with E-state index >= 15 is 0 Å². The van der Waals surface area contributed by atoms with Gasteiger partial charge in [-0.25, -0.2) is 4.98 Å². The molecule has 0 bridgehead atoms. The summed E-state index contributed by atoms with van der Waals surface area (Å²) in [5.74, 6) is 0.147. The summed E-state index contributed by atoms with van der Waals surface area (Å²) >= 11 is 9.06. The topological polar surface area (TPSA) is 54.0 Å². The summed E-state index contributed by atoms with van der Waals surface area (Å²) in [5, 5.41) is 6.49. The average molecular weight is 319 g/mol. The van der Waals surface area contributed by atoms with Crippen LogP contribution in [-0.4, -0.2) is 24.0 Å². The molecular weight excluding hydrogens is 305 g/mol. The third-order valence-electron chi connectivity index (χ3n) is 2.77. The number of carbonyl (C=O) groups is 1. The zero-order chi connectivity index (χ0) is 12.3. The van der Waals surface area contributed by atoms with Gasteiger partial charge >= 0.3 is 0 Å². The molecule has 6 heteroatoms. The number of halogens is 2. The number of carbonyl (C=O) groups excluding carboxylic acids is 1. The van der Waals surface area contributed by atoms with Crippen LogP contribution in [0.1, 0.15) is 12.8 Å². The van der Waals surface area contributed by atoms with E-state index in [1.165, 1.54) is 0 Å². The molecule has 1 fully saturated rings. The molecule has 1 saturated heterocycles. The highest BCUT2D eigenvalue weighted by Gasteiger charge is 2.20. The second-order valence-electron chi connectivity index (χ2n) is 4.01. The fraction of sp³-hybridized carbons (Fsp3) is 0.455. The number of hydrogen-bond acceptors (Lipinski definition) is 3. The molecule has 0 atom stereocenters. The van der Waals surface area contributed by atoms with Gasteiger partial charge in [0.15, 0.2) is 0 Å². The van der Waals surface area contributed by atoms with Crippen LogP contribution in [0, 0.1) is 5.92 Å². The predicted octanol–water partition coefficient (Wildman–Crippen LogP) is 2.44.